The van der Waals surface area contributed by atoms with Crippen molar-refractivity contribution in [3.63, 3.8) is 0 Å². The number of methoxy groups -OCH3 is 2. The Bertz CT molecular complexity index is 1670. The summed E-state index contributed by atoms with van der Waals surface area (Å²) >= 11 is 0. The number of carbonyl (C=O) groups is 3. The summed E-state index contributed by atoms with van der Waals surface area (Å²) in [6.45, 7) is 0. The van der Waals surface area contributed by atoms with Crippen molar-refractivity contribution in [2.45, 2.75) is 61.4 Å². The lowest BCUT2D eigenvalue weighted by atomic mass is 9.99. The van der Waals surface area contributed by atoms with Crippen LogP contribution in [0, 0.1) is 0 Å². The van der Waals surface area contributed by atoms with Gasteiger partial charge >= 0.3 is 11.9 Å². The van der Waals surface area contributed by atoms with Crippen LogP contribution in [0.4, 0.5) is 0 Å². The molecule has 0 aromatic heterocycles. The van der Waals surface area contributed by atoms with E-state index in [9.17, 15) is 60.3 Å². The van der Waals surface area contributed by atoms with Gasteiger partial charge in [-0.2, -0.15) is 0 Å². The van der Waals surface area contributed by atoms with Gasteiger partial charge in [-0.3, -0.25) is 4.79 Å². The van der Waals surface area contributed by atoms with Crippen LogP contribution in [0.2, 0.25) is 0 Å². The molecule has 18 nitrogen and oxygen atoms in total. The van der Waals surface area contributed by atoms with Crippen LogP contribution in [0.1, 0.15) is 11.1 Å². The number of allylic oxidation sites excluding steroid dienone is 3. The average Bonchev–Trinajstić information content (AvgIpc) is 3.10. The number of ether oxygens (including phenoxy) is 6. The Kier molecular flexibility index (Phi) is 12.7. The molecule has 2 heterocycles. The van der Waals surface area contributed by atoms with Crippen molar-refractivity contribution in [2.75, 3.05) is 14.2 Å². The molecule has 10 atom stereocenters. The molecule has 276 valence electrons. The van der Waals surface area contributed by atoms with Crippen LogP contribution in [0.15, 0.2) is 60.4 Å². The Labute approximate surface area is 288 Å². The van der Waals surface area contributed by atoms with Crippen LogP contribution in [-0.2, 0) is 23.9 Å². The van der Waals surface area contributed by atoms with Gasteiger partial charge in [-0.15, -0.1) is 0 Å². The molecule has 0 radical (unpaired) electrons. The fourth-order valence-electron chi connectivity index (χ4n) is 4.92. The van der Waals surface area contributed by atoms with Crippen molar-refractivity contribution in [1.82, 2.24) is 0 Å². The zero-order chi connectivity index (χ0) is 37.6. The fraction of sp³-hybridized carbons (Fsp3) is 0.364. The second-order valence-electron chi connectivity index (χ2n) is 11.2. The first-order chi connectivity index (χ1) is 24.1. The van der Waals surface area contributed by atoms with E-state index in [1.54, 1.807) is 0 Å². The summed E-state index contributed by atoms with van der Waals surface area (Å²) in [6, 6.07) is 8.63. The molecule has 2 aliphatic heterocycles. The van der Waals surface area contributed by atoms with Crippen molar-refractivity contribution in [2.24, 2.45) is 0 Å². The highest BCUT2D eigenvalue weighted by Crippen LogP contribution is 2.34. The molecule has 4 rings (SSSR count). The second kappa shape index (κ2) is 16.8. The lowest BCUT2D eigenvalue weighted by Crippen LogP contribution is -2.61. The molecule has 2 aromatic carbocycles. The first-order valence-corrected chi connectivity index (χ1v) is 15.0. The van der Waals surface area contributed by atoms with Gasteiger partial charge in [-0.25, -0.2) is 9.59 Å². The molecule has 0 unspecified atom stereocenters. The van der Waals surface area contributed by atoms with E-state index in [0.717, 1.165) is 12.2 Å². The normalized spacial score (nSPS) is 29.8. The molecule has 0 saturated carbocycles. The second-order valence-corrected chi connectivity index (χ2v) is 11.2. The highest BCUT2D eigenvalue weighted by molar-refractivity contribution is 6.02. The van der Waals surface area contributed by atoms with Gasteiger partial charge in [0.15, 0.2) is 41.0 Å². The van der Waals surface area contributed by atoms with Crippen molar-refractivity contribution in [3.8, 4) is 23.0 Å². The largest absolute Gasteiger partial charge is 0.508 e. The van der Waals surface area contributed by atoms with Gasteiger partial charge in [0.1, 0.15) is 42.4 Å². The highest BCUT2D eigenvalue weighted by atomic mass is 16.7. The quantitative estimate of drug-likeness (QED) is 0.0680. The summed E-state index contributed by atoms with van der Waals surface area (Å²) in [7, 11) is 2.60. The monoisotopic (exact) mass is 720 g/mol. The lowest BCUT2D eigenvalue weighted by molar-refractivity contribution is -0.271. The number of aliphatic carboxylic acids is 2. The Morgan fingerprint density at radius 1 is 0.588 bits per heavy atom. The van der Waals surface area contributed by atoms with Crippen LogP contribution in [0.3, 0.4) is 0 Å². The zero-order valence-corrected chi connectivity index (χ0v) is 26.8. The minimum atomic E-state index is -1.89. The molecular weight excluding hydrogens is 684 g/mol. The Hall–Kier alpha value is -5.05. The fourth-order valence-corrected chi connectivity index (χ4v) is 4.92. The molecule has 0 spiro atoms. The predicted octanol–water partition coefficient (Wildman–Crippen LogP) is -1.02. The third-order valence-corrected chi connectivity index (χ3v) is 7.66. The molecule has 2 fully saturated rings. The summed E-state index contributed by atoms with van der Waals surface area (Å²) in [6.07, 6.45) is -12.0. The number of hydrogen-bond donors (Lipinski definition) is 9. The number of hydrogen-bond acceptors (Lipinski definition) is 16. The minimum absolute atomic E-state index is 0.00638. The maximum Gasteiger partial charge on any atom is 0.335 e. The van der Waals surface area contributed by atoms with Gasteiger partial charge in [0.25, 0.3) is 0 Å². The van der Waals surface area contributed by atoms with Crippen molar-refractivity contribution in [1.29, 1.82) is 0 Å². The van der Waals surface area contributed by atoms with Crippen molar-refractivity contribution in [3.05, 3.63) is 71.5 Å². The van der Waals surface area contributed by atoms with Crippen LogP contribution < -0.4 is 18.9 Å². The number of carbonyl (C=O) groups excluding carboxylic acids is 1. The van der Waals surface area contributed by atoms with Crippen LogP contribution in [0.5, 0.6) is 23.0 Å². The molecule has 2 saturated heterocycles. The SMILES string of the molecule is COc1cc(/C=C/C(=O)C=C(O)/C=C/c2ccc(O[C@@H]3O[C@H](C(=O)O)[C@@H](O)[C@H](O)[C@H]3O)c(OC)c2)ccc1O[C@@H]1O[C@H](C(=O)O)[C@@H](O)[C@H](O)[C@H]1O. The van der Waals surface area contributed by atoms with E-state index in [0.29, 0.717) is 11.1 Å². The topological polar surface area (TPSA) is 289 Å². The van der Waals surface area contributed by atoms with Crippen molar-refractivity contribution >= 4 is 29.9 Å². The van der Waals surface area contributed by atoms with E-state index in [1.165, 1.54) is 68.8 Å². The summed E-state index contributed by atoms with van der Waals surface area (Å²) in [5, 5.41) is 88.9. The molecule has 2 aliphatic rings. The zero-order valence-electron chi connectivity index (χ0n) is 26.8. The van der Waals surface area contributed by atoms with Gasteiger partial charge in [-0.05, 0) is 47.5 Å². The molecule has 18 heteroatoms. The van der Waals surface area contributed by atoms with Crippen LogP contribution >= 0.6 is 0 Å². The van der Waals surface area contributed by atoms with Gasteiger partial charge in [0, 0.05) is 6.08 Å². The first-order valence-electron chi connectivity index (χ1n) is 15.0. The molecular formula is C33H36O18. The predicted molar refractivity (Wildman–Crippen MR) is 170 cm³/mol. The molecule has 0 bridgehead atoms. The maximum atomic E-state index is 12.5. The van der Waals surface area contributed by atoms with Gasteiger partial charge < -0.3 is 74.4 Å². The first kappa shape index (κ1) is 38.7. The van der Waals surface area contributed by atoms with Gasteiger partial charge in [-0.1, -0.05) is 24.3 Å². The standard InChI is InChI=1S/C33H36O18/c1-46-20-11-14(5-9-18(20)48-32-26(40)22(36)24(38)28(50-32)30(42)43)3-7-16(34)13-17(35)8-4-15-6-10-19(21(12-15)47-2)49-33-27(41)23(37)25(39)29(51-33)31(44)45/h3-13,22-29,32-34,36-41H,1-2H3,(H,42,43)(H,44,45)/b7-3+,8-4+,16-13?/t22-,23-,24-,25-,26+,27+,28-,29-,32+,33+/m0/s1. The average molecular weight is 721 g/mol. The molecule has 0 aliphatic carbocycles. The Morgan fingerprint density at radius 3 is 1.39 bits per heavy atom. The van der Waals surface area contributed by atoms with Crippen LogP contribution in [0.25, 0.3) is 12.2 Å². The summed E-state index contributed by atoms with van der Waals surface area (Å²) in [5.74, 6) is -4.02. The van der Waals surface area contributed by atoms with E-state index in [-0.39, 0.29) is 23.0 Å². The Morgan fingerprint density at radius 2 is 1.00 bits per heavy atom. The Balaban J connectivity index is 1.39. The number of benzene rings is 2. The molecule has 51 heavy (non-hydrogen) atoms. The molecule has 0 amide bonds. The number of carboxylic acid groups (broad SMARTS) is 2. The molecule has 9 N–H and O–H groups in total. The van der Waals surface area contributed by atoms with Gasteiger partial charge in [0.05, 0.1) is 14.2 Å². The van der Waals surface area contributed by atoms with Crippen LogP contribution in [-0.4, -0.2) is 139 Å². The third-order valence-electron chi connectivity index (χ3n) is 7.66. The maximum absolute atomic E-state index is 12.5. The van der Waals surface area contributed by atoms with E-state index >= 15 is 0 Å². The number of aliphatic hydroxyl groups is 7. The highest BCUT2D eigenvalue weighted by Gasteiger charge is 2.49. The smallest absolute Gasteiger partial charge is 0.335 e. The van der Waals surface area contributed by atoms with Gasteiger partial charge in [0.2, 0.25) is 12.6 Å². The summed E-state index contributed by atoms with van der Waals surface area (Å²) in [4.78, 5) is 35.2. The number of carboxylic acids is 2. The summed E-state index contributed by atoms with van der Waals surface area (Å²) in [5.41, 5.74) is 0.889. The van der Waals surface area contributed by atoms with Crippen molar-refractivity contribution < 1.29 is 88.8 Å². The van der Waals surface area contributed by atoms with E-state index in [2.05, 4.69) is 0 Å². The van der Waals surface area contributed by atoms with E-state index in [4.69, 9.17) is 28.4 Å². The number of aliphatic hydroxyl groups excluding tert-OH is 7. The van der Waals surface area contributed by atoms with E-state index < -0.39 is 84.9 Å². The molecule has 2 aromatic rings. The lowest BCUT2D eigenvalue weighted by Gasteiger charge is -2.38. The van der Waals surface area contributed by atoms with E-state index in [1.807, 2.05) is 0 Å². The summed E-state index contributed by atoms with van der Waals surface area (Å²) < 4.78 is 31.8. The number of rotatable bonds is 13. The minimum Gasteiger partial charge on any atom is -0.508 e. The number of ketones is 1. The third kappa shape index (κ3) is 9.20.